The largest absolute Gasteiger partial charge is 0.353 e. The number of fused-ring (bicyclic) bond motifs is 2. The standard InChI is InChI=1S/C20H14N4O/c25-20-19(17-10-13-6-2-4-8-15(13)23-17)24-18(11-21-20)16-9-12-5-1-3-7-14(12)22-16/h1-11,22-23H,(H,21,25). The monoisotopic (exact) mass is 326 g/mol. The van der Waals surface area contributed by atoms with Gasteiger partial charge in [-0.25, -0.2) is 4.98 Å². The van der Waals surface area contributed by atoms with Gasteiger partial charge in [0.1, 0.15) is 5.69 Å². The summed E-state index contributed by atoms with van der Waals surface area (Å²) in [5, 5.41) is 2.16. The number of nitrogens with one attached hydrogen (secondary N) is 3. The molecule has 3 aromatic heterocycles. The molecule has 0 aliphatic rings. The Kier molecular flexibility index (Phi) is 2.87. The molecule has 0 atom stereocenters. The lowest BCUT2D eigenvalue weighted by molar-refractivity contribution is 1.13. The summed E-state index contributed by atoms with van der Waals surface area (Å²) >= 11 is 0. The molecule has 0 bridgehead atoms. The molecular weight excluding hydrogens is 312 g/mol. The number of aromatic nitrogens is 4. The minimum Gasteiger partial charge on any atom is -0.353 e. The number of para-hydroxylation sites is 2. The van der Waals surface area contributed by atoms with Gasteiger partial charge in [-0.3, -0.25) is 4.79 Å². The minimum absolute atomic E-state index is 0.216. The zero-order chi connectivity index (χ0) is 16.8. The van der Waals surface area contributed by atoms with Crippen molar-refractivity contribution in [2.75, 3.05) is 0 Å². The van der Waals surface area contributed by atoms with Crippen molar-refractivity contribution in [3.63, 3.8) is 0 Å². The van der Waals surface area contributed by atoms with Crippen LogP contribution in [-0.2, 0) is 0 Å². The van der Waals surface area contributed by atoms with Crippen molar-refractivity contribution in [2.24, 2.45) is 0 Å². The normalized spacial score (nSPS) is 11.4. The molecular formula is C20H14N4O. The van der Waals surface area contributed by atoms with Gasteiger partial charge in [0.25, 0.3) is 5.56 Å². The van der Waals surface area contributed by atoms with Gasteiger partial charge >= 0.3 is 0 Å². The lowest BCUT2D eigenvalue weighted by Crippen LogP contribution is -2.11. The van der Waals surface area contributed by atoms with Crippen molar-refractivity contribution in [3.8, 4) is 22.8 Å². The Bertz CT molecular complexity index is 1210. The average Bonchev–Trinajstić information content (AvgIpc) is 3.26. The molecule has 0 saturated heterocycles. The molecule has 3 heterocycles. The topological polar surface area (TPSA) is 77.3 Å². The maximum absolute atomic E-state index is 12.3. The molecule has 120 valence electrons. The molecule has 5 nitrogen and oxygen atoms in total. The molecule has 3 N–H and O–H groups in total. The van der Waals surface area contributed by atoms with Crippen LogP contribution < -0.4 is 5.56 Å². The summed E-state index contributed by atoms with van der Waals surface area (Å²) in [6.45, 7) is 0. The maximum Gasteiger partial charge on any atom is 0.276 e. The first-order chi connectivity index (χ1) is 12.3. The Labute approximate surface area is 142 Å². The van der Waals surface area contributed by atoms with E-state index in [1.165, 1.54) is 0 Å². The van der Waals surface area contributed by atoms with Crippen molar-refractivity contribution in [1.82, 2.24) is 19.9 Å². The van der Waals surface area contributed by atoms with Crippen molar-refractivity contribution in [1.29, 1.82) is 0 Å². The summed E-state index contributed by atoms with van der Waals surface area (Å²) in [6, 6.07) is 19.9. The highest BCUT2D eigenvalue weighted by Crippen LogP contribution is 2.24. The Morgan fingerprint density at radius 2 is 1.36 bits per heavy atom. The summed E-state index contributed by atoms with van der Waals surface area (Å²) in [5.74, 6) is 0. The van der Waals surface area contributed by atoms with E-state index in [0.29, 0.717) is 17.1 Å². The molecule has 5 heteroatoms. The molecule has 0 radical (unpaired) electrons. The summed E-state index contributed by atoms with van der Waals surface area (Å²) in [4.78, 5) is 26.3. The highest BCUT2D eigenvalue weighted by Gasteiger charge is 2.12. The fraction of sp³-hybridized carbons (Fsp3) is 0. The van der Waals surface area contributed by atoms with E-state index in [2.05, 4.69) is 19.9 Å². The number of H-pyrrole nitrogens is 3. The third-order valence-electron chi connectivity index (χ3n) is 4.38. The van der Waals surface area contributed by atoms with Gasteiger partial charge < -0.3 is 15.0 Å². The number of benzene rings is 2. The van der Waals surface area contributed by atoms with Gasteiger partial charge in [-0.15, -0.1) is 0 Å². The Morgan fingerprint density at radius 3 is 2.04 bits per heavy atom. The van der Waals surface area contributed by atoms with Crippen LogP contribution in [0.4, 0.5) is 0 Å². The van der Waals surface area contributed by atoms with Gasteiger partial charge in [0.2, 0.25) is 0 Å². The van der Waals surface area contributed by atoms with Crippen LogP contribution in [0.2, 0.25) is 0 Å². The first-order valence-electron chi connectivity index (χ1n) is 8.04. The number of hydrogen-bond donors (Lipinski definition) is 3. The van der Waals surface area contributed by atoms with Crippen LogP contribution in [0, 0.1) is 0 Å². The fourth-order valence-electron chi connectivity index (χ4n) is 3.14. The molecule has 25 heavy (non-hydrogen) atoms. The molecule has 0 saturated carbocycles. The maximum atomic E-state index is 12.3. The first kappa shape index (κ1) is 13.8. The van der Waals surface area contributed by atoms with Gasteiger partial charge in [-0.05, 0) is 24.3 Å². The smallest absolute Gasteiger partial charge is 0.276 e. The first-order valence-corrected chi connectivity index (χ1v) is 8.04. The average molecular weight is 326 g/mol. The number of nitrogens with zero attached hydrogens (tertiary/aromatic N) is 1. The van der Waals surface area contributed by atoms with E-state index in [0.717, 1.165) is 27.5 Å². The zero-order valence-electron chi connectivity index (χ0n) is 13.2. The van der Waals surface area contributed by atoms with Gasteiger partial charge in [0, 0.05) is 28.0 Å². The summed E-state index contributed by atoms with van der Waals surface area (Å²) < 4.78 is 0. The lowest BCUT2D eigenvalue weighted by atomic mass is 10.2. The Balaban J connectivity index is 1.68. The van der Waals surface area contributed by atoms with Crippen LogP contribution in [0.3, 0.4) is 0 Å². The van der Waals surface area contributed by atoms with Crippen LogP contribution in [-0.4, -0.2) is 19.9 Å². The summed E-state index contributed by atoms with van der Waals surface area (Å²) in [6.07, 6.45) is 1.64. The molecule has 2 aromatic carbocycles. The molecule has 0 amide bonds. The minimum atomic E-state index is -0.216. The molecule has 5 rings (SSSR count). The predicted molar refractivity (Wildman–Crippen MR) is 99.4 cm³/mol. The molecule has 5 aromatic rings. The lowest BCUT2D eigenvalue weighted by Gasteiger charge is -2.01. The molecule has 0 spiro atoms. The Hall–Kier alpha value is -3.60. The van der Waals surface area contributed by atoms with Crippen LogP contribution >= 0.6 is 0 Å². The molecule has 0 unspecified atom stereocenters. The third-order valence-corrected chi connectivity index (χ3v) is 4.38. The van der Waals surface area contributed by atoms with E-state index in [1.54, 1.807) is 6.20 Å². The Morgan fingerprint density at radius 1 is 0.760 bits per heavy atom. The predicted octanol–water partition coefficient (Wildman–Crippen LogP) is 4.07. The summed E-state index contributed by atoms with van der Waals surface area (Å²) in [7, 11) is 0. The van der Waals surface area contributed by atoms with Crippen LogP contribution in [0.1, 0.15) is 0 Å². The highest BCUT2D eigenvalue weighted by atomic mass is 16.1. The van der Waals surface area contributed by atoms with E-state index < -0.39 is 0 Å². The second-order valence-corrected chi connectivity index (χ2v) is 6.00. The number of rotatable bonds is 2. The van der Waals surface area contributed by atoms with E-state index in [4.69, 9.17) is 0 Å². The van der Waals surface area contributed by atoms with Gasteiger partial charge in [0.05, 0.1) is 11.4 Å². The molecule has 0 fully saturated rings. The number of aromatic amines is 3. The van der Waals surface area contributed by atoms with E-state index in [-0.39, 0.29) is 5.56 Å². The van der Waals surface area contributed by atoms with Crippen molar-refractivity contribution in [3.05, 3.63) is 77.2 Å². The van der Waals surface area contributed by atoms with Crippen molar-refractivity contribution in [2.45, 2.75) is 0 Å². The van der Waals surface area contributed by atoms with Crippen molar-refractivity contribution < 1.29 is 0 Å². The second-order valence-electron chi connectivity index (χ2n) is 6.00. The van der Waals surface area contributed by atoms with Crippen LogP contribution in [0.25, 0.3) is 44.6 Å². The van der Waals surface area contributed by atoms with Crippen LogP contribution in [0.15, 0.2) is 71.7 Å². The van der Waals surface area contributed by atoms with Crippen LogP contribution in [0.5, 0.6) is 0 Å². The van der Waals surface area contributed by atoms with Gasteiger partial charge in [-0.2, -0.15) is 0 Å². The zero-order valence-corrected chi connectivity index (χ0v) is 13.2. The molecule has 0 aliphatic carbocycles. The van der Waals surface area contributed by atoms with E-state index >= 15 is 0 Å². The van der Waals surface area contributed by atoms with Crippen molar-refractivity contribution >= 4 is 21.8 Å². The fourth-order valence-corrected chi connectivity index (χ4v) is 3.14. The van der Waals surface area contributed by atoms with E-state index in [1.807, 2.05) is 60.7 Å². The third kappa shape index (κ3) is 2.25. The SMILES string of the molecule is O=c1[nH]cc(-c2cc3ccccc3[nH]2)nc1-c1cc2ccccc2[nH]1. The summed E-state index contributed by atoms with van der Waals surface area (Å²) in [5.41, 5.74) is 4.46. The van der Waals surface area contributed by atoms with E-state index in [9.17, 15) is 4.79 Å². The van der Waals surface area contributed by atoms with Gasteiger partial charge in [-0.1, -0.05) is 36.4 Å². The quantitative estimate of drug-likeness (QED) is 0.457. The highest BCUT2D eigenvalue weighted by molar-refractivity contribution is 5.86. The number of hydrogen-bond acceptors (Lipinski definition) is 2. The molecule has 0 aliphatic heterocycles. The van der Waals surface area contributed by atoms with Gasteiger partial charge in [0.15, 0.2) is 5.69 Å². The second kappa shape index (κ2) is 5.21.